The Hall–Kier alpha value is -4.32. The summed E-state index contributed by atoms with van der Waals surface area (Å²) in [5, 5.41) is 12.3. The molecule has 2 atom stereocenters. The Morgan fingerprint density at radius 1 is 1.09 bits per heavy atom. The lowest BCUT2D eigenvalue weighted by atomic mass is 9.96. The van der Waals surface area contributed by atoms with Crippen molar-refractivity contribution in [1.82, 2.24) is 30.4 Å². The van der Waals surface area contributed by atoms with Gasteiger partial charge < -0.3 is 24.1 Å². The second-order valence-electron chi connectivity index (χ2n) is 12.2. The fourth-order valence-corrected chi connectivity index (χ4v) is 6.20. The smallest absolute Gasteiger partial charge is 0.408 e. The normalized spacial score (nSPS) is 16.4. The molecule has 4 heterocycles. The number of alkyl carbamates (subject to hydrolysis) is 1. The van der Waals surface area contributed by atoms with E-state index in [1.807, 2.05) is 69.9 Å². The van der Waals surface area contributed by atoms with Gasteiger partial charge in [0.1, 0.15) is 10.7 Å². The van der Waals surface area contributed by atoms with E-state index >= 15 is 0 Å². The van der Waals surface area contributed by atoms with E-state index in [9.17, 15) is 9.59 Å². The van der Waals surface area contributed by atoms with E-state index in [0.29, 0.717) is 18.5 Å². The standard InChI is InChI=1S/C32H38N6O5S/c1-19-20(2)44-27(33-19)24-14-11-15-38(24)28(39)23-16-22(17-25(34-23)41-7)26-36-37-29(42-26)32(6,18-21-12-9-8-10-13-21)43-30(40)35-31(3,4)5/h8-10,12-13,16-17,24H,11,14-15,18H2,1-7H3,(H,35,40)/t24-,32-/m1/s1. The molecular formula is C32H38N6O5S. The molecule has 1 aliphatic rings. The summed E-state index contributed by atoms with van der Waals surface area (Å²) in [6.45, 7) is 12.0. The maximum absolute atomic E-state index is 13.8. The third kappa shape index (κ3) is 6.91. The van der Waals surface area contributed by atoms with Crippen LogP contribution in [0.4, 0.5) is 4.79 Å². The van der Waals surface area contributed by atoms with Crippen molar-refractivity contribution in [3.63, 3.8) is 0 Å². The van der Waals surface area contributed by atoms with Crippen LogP contribution in [0.15, 0.2) is 46.9 Å². The largest absolute Gasteiger partial charge is 0.481 e. The number of ether oxygens (including phenoxy) is 2. The minimum absolute atomic E-state index is 0.109. The maximum Gasteiger partial charge on any atom is 0.408 e. The van der Waals surface area contributed by atoms with Gasteiger partial charge in [-0.1, -0.05) is 30.3 Å². The molecule has 2 amide bonds. The van der Waals surface area contributed by atoms with Gasteiger partial charge in [-0.05, 0) is 66.0 Å². The van der Waals surface area contributed by atoms with Gasteiger partial charge in [-0.25, -0.2) is 14.8 Å². The minimum Gasteiger partial charge on any atom is -0.481 e. The van der Waals surface area contributed by atoms with E-state index in [2.05, 4.69) is 20.5 Å². The lowest BCUT2D eigenvalue weighted by Crippen LogP contribution is -2.45. The zero-order valence-corrected chi connectivity index (χ0v) is 26.9. The second kappa shape index (κ2) is 12.4. The number of aromatic nitrogens is 4. The highest BCUT2D eigenvalue weighted by Crippen LogP contribution is 2.37. The summed E-state index contributed by atoms with van der Waals surface area (Å²) < 4.78 is 17.6. The molecule has 1 N–H and O–H groups in total. The van der Waals surface area contributed by atoms with E-state index in [1.165, 1.54) is 7.11 Å². The Labute approximate surface area is 261 Å². The highest BCUT2D eigenvalue weighted by Gasteiger charge is 2.39. The van der Waals surface area contributed by atoms with Crippen molar-refractivity contribution in [2.45, 2.75) is 78.0 Å². The minimum atomic E-state index is -1.29. The van der Waals surface area contributed by atoms with Crippen molar-refractivity contribution in [3.8, 4) is 17.3 Å². The highest BCUT2D eigenvalue weighted by molar-refractivity contribution is 7.11. The molecule has 5 rings (SSSR count). The number of carbonyl (C=O) groups excluding carboxylic acids is 2. The Bertz CT molecular complexity index is 1630. The number of hydrogen-bond acceptors (Lipinski definition) is 10. The lowest BCUT2D eigenvalue weighted by Gasteiger charge is -2.29. The Morgan fingerprint density at radius 3 is 2.50 bits per heavy atom. The number of aryl methyl sites for hydroxylation is 2. The molecule has 0 radical (unpaired) electrons. The van der Waals surface area contributed by atoms with Gasteiger partial charge in [0.15, 0.2) is 5.60 Å². The van der Waals surface area contributed by atoms with Crippen LogP contribution in [0.3, 0.4) is 0 Å². The highest BCUT2D eigenvalue weighted by atomic mass is 32.1. The molecule has 1 aromatic carbocycles. The predicted octanol–water partition coefficient (Wildman–Crippen LogP) is 6.17. The van der Waals surface area contributed by atoms with Gasteiger partial charge in [-0.2, -0.15) is 0 Å². The third-order valence-electron chi connectivity index (χ3n) is 7.38. The molecule has 1 fully saturated rings. The first-order chi connectivity index (χ1) is 20.8. The summed E-state index contributed by atoms with van der Waals surface area (Å²) in [7, 11) is 1.48. The molecule has 44 heavy (non-hydrogen) atoms. The molecule has 0 saturated carbocycles. The number of thiazole rings is 1. The quantitative estimate of drug-likeness (QED) is 0.246. The molecule has 3 aromatic heterocycles. The molecule has 0 aliphatic carbocycles. The first-order valence-corrected chi connectivity index (χ1v) is 15.4. The second-order valence-corrected chi connectivity index (χ2v) is 13.4. The van der Waals surface area contributed by atoms with Crippen LogP contribution in [-0.4, -0.2) is 56.3 Å². The van der Waals surface area contributed by atoms with Crippen molar-refractivity contribution in [3.05, 3.63) is 75.2 Å². The topological polar surface area (TPSA) is 133 Å². The zero-order valence-electron chi connectivity index (χ0n) is 26.1. The van der Waals surface area contributed by atoms with E-state index in [1.54, 1.807) is 30.4 Å². The van der Waals surface area contributed by atoms with Crippen LogP contribution in [0.1, 0.15) is 84.1 Å². The molecular weight excluding hydrogens is 580 g/mol. The molecule has 232 valence electrons. The number of methoxy groups -OCH3 is 1. The Morgan fingerprint density at radius 2 is 1.84 bits per heavy atom. The summed E-state index contributed by atoms with van der Waals surface area (Å²) in [5.74, 6) is 0.250. The summed E-state index contributed by atoms with van der Waals surface area (Å²) in [6, 6.07) is 12.8. The summed E-state index contributed by atoms with van der Waals surface area (Å²) in [5.41, 5.74) is 0.762. The number of pyridine rings is 1. The molecule has 0 bridgehead atoms. The van der Waals surface area contributed by atoms with Crippen molar-refractivity contribution in [2.75, 3.05) is 13.7 Å². The molecule has 0 spiro atoms. The van der Waals surface area contributed by atoms with Gasteiger partial charge in [0.2, 0.25) is 11.8 Å². The van der Waals surface area contributed by atoms with Gasteiger partial charge in [-0.15, -0.1) is 21.5 Å². The van der Waals surface area contributed by atoms with E-state index in [0.717, 1.165) is 34.0 Å². The lowest BCUT2D eigenvalue weighted by molar-refractivity contribution is -0.00121. The van der Waals surface area contributed by atoms with Crippen molar-refractivity contribution in [2.24, 2.45) is 0 Å². The molecule has 1 saturated heterocycles. The molecule has 0 unspecified atom stereocenters. The van der Waals surface area contributed by atoms with Crippen molar-refractivity contribution >= 4 is 23.3 Å². The molecule has 12 heteroatoms. The van der Waals surface area contributed by atoms with Gasteiger partial charge in [0.25, 0.3) is 11.8 Å². The van der Waals surface area contributed by atoms with Crippen LogP contribution < -0.4 is 10.1 Å². The number of carbonyl (C=O) groups is 2. The Kier molecular flexibility index (Phi) is 8.73. The molecule has 1 aliphatic heterocycles. The van der Waals surface area contributed by atoms with Crippen LogP contribution in [-0.2, 0) is 16.8 Å². The fourth-order valence-electron chi connectivity index (χ4n) is 5.13. The van der Waals surface area contributed by atoms with Gasteiger partial charge >= 0.3 is 6.09 Å². The van der Waals surface area contributed by atoms with E-state index in [-0.39, 0.29) is 35.3 Å². The number of amides is 2. The number of nitrogens with zero attached hydrogens (tertiary/aromatic N) is 5. The average Bonchev–Trinajstić information content (AvgIpc) is 3.72. The summed E-state index contributed by atoms with van der Waals surface area (Å²) >= 11 is 1.62. The molecule has 4 aromatic rings. The van der Waals surface area contributed by atoms with E-state index < -0.39 is 17.2 Å². The van der Waals surface area contributed by atoms with Crippen LogP contribution >= 0.6 is 11.3 Å². The van der Waals surface area contributed by atoms with E-state index in [4.69, 9.17) is 18.9 Å². The van der Waals surface area contributed by atoms with Gasteiger partial charge in [-0.3, -0.25) is 4.79 Å². The van der Waals surface area contributed by atoms with Gasteiger partial charge in [0.05, 0.1) is 18.8 Å². The zero-order chi connectivity index (χ0) is 31.6. The number of hydrogen-bond donors (Lipinski definition) is 1. The van der Waals surface area contributed by atoms with Crippen molar-refractivity contribution < 1.29 is 23.5 Å². The maximum atomic E-state index is 13.8. The summed E-state index contributed by atoms with van der Waals surface area (Å²) in [4.78, 5) is 38.9. The summed E-state index contributed by atoms with van der Waals surface area (Å²) in [6.07, 6.45) is 1.40. The van der Waals surface area contributed by atoms with Crippen LogP contribution in [0, 0.1) is 13.8 Å². The van der Waals surface area contributed by atoms with Crippen LogP contribution in [0.5, 0.6) is 5.88 Å². The number of nitrogens with one attached hydrogen (secondary N) is 1. The Balaban J connectivity index is 1.46. The number of benzene rings is 1. The first-order valence-electron chi connectivity index (χ1n) is 14.6. The first kappa shape index (κ1) is 31.1. The average molecular weight is 619 g/mol. The van der Waals surface area contributed by atoms with Gasteiger partial charge in [0, 0.05) is 35.0 Å². The SMILES string of the molecule is COc1cc(-c2nnc([C@@](C)(Cc3ccccc3)OC(=O)NC(C)(C)C)o2)cc(C(=O)N2CCC[C@@H]2c2nc(C)c(C)s2)n1. The third-order valence-corrected chi connectivity index (χ3v) is 8.55. The predicted molar refractivity (Wildman–Crippen MR) is 166 cm³/mol. The monoisotopic (exact) mass is 618 g/mol. The number of rotatable bonds is 8. The van der Waals surface area contributed by atoms with Crippen LogP contribution in [0.25, 0.3) is 11.5 Å². The number of likely N-dealkylation sites (tertiary alicyclic amines) is 1. The van der Waals surface area contributed by atoms with Crippen LogP contribution in [0.2, 0.25) is 0 Å². The molecule has 11 nitrogen and oxygen atoms in total. The van der Waals surface area contributed by atoms with Crippen molar-refractivity contribution in [1.29, 1.82) is 0 Å². The fraction of sp³-hybridized carbons (Fsp3) is 0.438.